The van der Waals surface area contributed by atoms with Crippen molar-refractivity contribution < 1.29 is 24.2 Å². The lowest BCUT2D eigenvalue weighted by Gasteiger charge is -2.11. The zero-order valence-corrected chi connectivity index (χ0v) is 14.4. The van der Waals surface area contributed by atoms with Crippen LogP contribution in [0.1, 0.15) is 52.9 Å². The molecule has 6 nitrogen and oxygen atoms in total. The minimum atomic E-state index is -0.943. The lowest BCUT2D eigenvalue weighted by atomic mass is 9.96. The van der Waals surface area contributed by atoms with Crippen LogP contribution >= 0.6 is 11.3 Å². The van der Waals surface area contributed by atoms with Gasteiger partial charge in [0.25, 0.3) is 0 Å². The molecule has 2 N–H and O–H groups in total. The summed E-state index contributed by atoms with van der Waals surface area (Å²) in [4.78, 5) is 36.6. The Bertz CT molecular complexity index is 681. The Kier molecular flexibility index (Phi) is 4.89. The lowest BCUT2D eigenvalue weighted by Crippen LogP contribution is -2.18. The van der Waals surface area contributed by atoms with Crippen LogP contribution in [0, 0.1) is 11.8 Å². The van der Waals surface area contributed by atoms with Crippen LogP contribution in [-0.2, 0) is 27.2 Å². The van der Waals surface area contributed by atoms with E-state index in [0.29, 0.717) is 17.0 Å². The third-order valence-electron chi connectivity index (χ3n) is 4.74. The number of carboxylic acid groups (broad SMARTS) is 1. The second-order valence-electron chi connectivity index (χ2n) is 6.39. The predicted octanol–water partition coefficient (Wildman–Crippen LogP) is 2.85. The number of ether oxygens (including phenoxy) is 1. The van der Waals surface area contributed by atoms with E-state index in [1.165, 1.54) is 24.9 Å². The maximum absolute atomic E-state index is 12.3. The summed E-state index contributed by atoms with van der Waals surface area (Å²) in [5, 5.41) is 12.3. The molecule has 0 radical (unpaired) electrons. The maximum atomic E-state index is 12.3. The monoisotopic (exact) mass is 351 g/mol. The number of carbonyl (C=O) groups is 3. The Labute approximate surface area is 144 Å². The smallest absolute Gasteiger partial charge is 0.341 e. The molecule has 2 unspecified atom stereocenters. The van der Waals surface area contributed by atoms with E-state index in [1.54, 1.807) is 0 Å². The molecule has 1 amide bonds. The number of hydrogen-bond acceptors (Lipinski definition) is 5. The van der Waals surface area contributed by atoms with Gasteiger partial charge in [0.15, 0.2) is 0 Å². The minimum Gasteiger partial charge on any atom is -0.481 e. The van der Waals surface area contributed by atoms with Gasteiger partial charge in [-0.1, -0.05) is 12.8 Å². The summed E-state index contributed by atoms with van der Waals surface area (Å²) in [5.74, 6) is -2.80. The van der Waals surface area contributed by atoms with E-state index in [1.807, 2.05) is 0 Å². The van der Waals surface area contributed by atoms with E-state index in [2.05, 4.69) is 5.32 Å². The molecule has 0 spiro atoms. The van der Waals surface area contributed by atoms with Crippen LogP contribution < -0.4 is 5.32 Å². The molecule has 0 aromatic carbocycles. The minimum absolute atomic E-state index is 0.318. The number of carbonyl (C=O) groups excluding carboxylic acids is 2. The number of aryl methyl sites for hydroxylation is 1. The molecule has 1 saturated carbocycles. The summed E-state index contributed by atoms with van der Waals surface area (Å²) in [6.07, 6.45) is 6.49. The SMILES string of the molecule is COC(=O)c1c(NC(=O)C2CC2C(=O)O)sc2c1CCCCCC2. The van der Waals surface area contributed by atoms with E-state index >= 15 is 0 Å². The number of amides is 1. The summed E-state index contributed by atoms with van der Waals surface area (Å²) in [6, 6.07) is 0. The van der Waals surface area contributed by atoms with Crippen molar-refractivity contribution in [1.29, 1.82) is 0 Å². The zero-order chi connectivity index (χ0) is 17.3. The van der Waals surface area contributed by atoms with Gasteiger partial charge in [-0.05, 0) is 37.7 Å². The Morgan fingerprint density at radius 2 is 1.83 bits per heavy atom. The van der Waals surface area contributed by atoms with Crippen LogP contribution in [0.3, 0.4) is 0 Å². The van der Waals surface area contributed by atoms with Gasteiger partial charge in [-0.3, -0.25) is 9.59 Å². The van der Waals surface area contributed by atoms with E-state index in [4.69, 9.17) is 9.84 Å². The first-order valence-corrected chi connectivity index (χ1v) is 9.11. The maximum Gasteiger partial charge on any atom is 0.341 e. The van der Waals surface area contributed by atoms with E-state index in [-0.39, 0.29) is 5.91 Å². The molecular formula is C17H21NO5S. The number of rotatable bonds is 4. The molecule has 0 saturated heterocycles. The van der Waals surface area contributed by atoms with Crippen molar-refractivity contribution in [2.24, 2.45) is 11.8 Å². The second kappa shape index (κ2) is 6.93. The highest BCUT2D eigenvalue weighted by atomic mass is 32.1. The fraction of sp³-hybridized carbons (Fsp3) is 0.588. The van der Waals surface area contributed by atoms with Gasteiger partial charge in [0.05, 0.1) is 24.5 Å². The number of esters is 1. The average molecular weight is 351 g/mol. The fourth-order valence-corrected chi connectivity index (χ4v) is 4.57. The highest BCUT2D eigenvalue weighted by Gasteiger charge is 2.48. The third kappa shape index (κ3) is 3.31. The molecule has 2 aliphatic carbocycles. The standard InChI is InChI=1S/C17H21NO5S/c1-23-17(22)13-9-6-4-2-3-5-7-12(9)24-15(13)18-14(19)10-8-11(10)16(20)21/h10-11H,2-8H2,1H3,(H,18,19)(H,20,21). The van der Waals surface area contributed by atoms with E-state index < -0.39 is 23.8 Å². The Morgan fingerprint density at radius 3 is 2.46 bits per heavy atom. The highest BCUT2D eigenvalue weighted by molar-refractivity contribution is 7.17. The molecule has 1 aromatic rings. The van der Waals surface area contributed by atoms with Crippen LogP contribution in [-0.4, -0.2) is 30.1 Å². The molecule has 24 heavy (non-hydrogen) atoms. The van der Waals surface area contributed by atoms with Crippen molar-refractivity contribution in [2.75, 3.05) is 12.4 Å². The quantitative estimate of drug-likeness (QED) is 0.814. The molecule has 3 rings (SSSR count). The van der Waals surface area contributed by atoms with Gasteiger partial charge in [-0.2, -0.15) is 0 Å². The van der Waals surface area contributed by atoms with Crippen LogP contribution in [0.5, 0.6) is 0 Å². The predicted molar refractivity (Wildman–Crippen MR) is 89.4 cm³/mol. The van der Waals surface area contributed by atoms with Crippen molar-refractivity contribution in [3.8, 4) is 0 Å². The molecular weight excluding hydrogens is 330 g/mol. The van der Waals surface area contributed by atoms with Gasteiger partial charge < -0.3 is 15.2 Å². The van der Waals surface area contributed by atoms with E-state index in [0.717, 1.165) is 42.5 Å². The van der Waals surface area contributed by atoms with Crippen molar-refractivity contribution >= 4 is 34.2 Å². The van der Waals surface area contributed by atoms with Crippen LogP contribution in [0.25, 0.3) is 0 Å². The molecule has 1 fully saturated rings. The first-order chi connectivity index (χ1) is 11.5. The topological polar surface area (TPSA) is 92.7 Å². The summed E-state index contributed by atoms with van der Waals surface area (Å²) in [5.41, 5.74) is 1.45. The van der Waals surface area contributed by atoms with Crippen LogP contribution in [0.4, 0.5) is 5.00 Å². The number of hydrogen-bond donors (Lipinski definition) is 2. The molecule has 130 valence electrons. The summed E-state index contributed by atoms with van der Waals surface area (Å²) in [7, 11) is 1.34. The largest absolute Gasteiger partial charge is 0.481 e. The number of anilines is 1. The van der Waals surface area contributed by atoms with Gasteiger partial charge in [0.2, 0.25) is 5.91 Å². The molecule has 2 aliphatic rings. The number of aliphatic carboxylic acids is 1. The number of carboxylic acids is 1. The first kappa shape index (κ1) is 17.0. The zero-order valence-electron chi connectivity index (χ0n) is 13.6. The van der Waals surface area contributed by atoms with Crippen LogP contribution in [0.15, 0.2) is 0 Å². The average Bonchev–Trinajstić information content (AvgIpc) is 3.27. The van der Waals surface area contributed by atoms with Gasteiger partial charge >= 0.3 is 11.9 Å². The van der Waals surface area contributed by atoms with Crippen molar-refractivity contribution in [2.45, 2.75) is 44.9 Å². The van der Waals surface area contributed by atoms with E-state index in [9.17, 15) is 14.4 Å². The molecule has 0 bridgehead atoms. The number of thiophene rings is 1. The molecule has 1 heterocycles. The second-order valence-corrected chi connectivity index (χ2v) is 7.50. The Morgan fingerprint density at radius 1 is 1.12 bits per heavy atom. The lowest BCUT2D eigenvalue weighted by molar-refractivity contribution is -0.139. The molecule has 7 heteroatoms. The van der Waals surface area contributed by atoms with Gasteiger partial charge in [-0.15, -0.1) is 11.3 Å². The first-order valence-electron chi connectivity index (χ1n) is 8.29. The molecule has 0 aliphatic heterocycles. The summed E-state index contributed by atoms with van der Waals surface area (Å²) >= 11 is 1.43. The van der Waals surface area contributed by atoms with Gasteiger partial charge in [-0.25, -0.2) is 4.79 Å². The summed E-state index contributed by atoms with van der Waals surface area (Å²) < 4.78 is 4.91. The number of fused-ring (bicyclic) bond motifs is 1. The van der Waals surface area contributed by atoms with Crippen molar-refractivity contribution in [1.82, 2.24) is 0 Å². The Hall–Kier alpha value is -1.89. The van der Waals surface area contributed by atoms with Crippen molar-refractivity contribution in [3.05, 3.63) is 16.0 Å². The van der Waals surface area contributed by atoms with Crippen LogP contribution in [0.2, 0.25) is 0 Å². The number of methoxy groups -OCH3 is 1. The van der Waals surface area contributed by atoms with Crippen molar-refractivity contribution in [3.63, 3.8) is 0 Å². The Balaban J connectivity index is 1.86. The molecule has 2 atom stereocenters. The third-order valence-corrected chi connectivity index (χ3v) is 5.95. The summed E-state index contributed by atoms with van der Waals surface area (Å²) in [6.45, 7) is 0. The molecule has 1 aromatic heterocycles. The highest BCUT2D eigenvalue weighted by Crippen LogP contribution is 2.42. The normalized spacial score (nSPS) is 22.7. The van der Waals surface area contributed by atoms with Gasteiger partial charge in [0, 0.05) is 4.88 Å². The fourth-order valence-electron chi connectivity index (χ4n) is 3.29. The number of nitrogens with one attached hydrogen (secondary N) is 1. The van der Waals surface area contributed by atoms with Gasteiger partial charge in [0.1, 0.15) is 5.00 Å².